The molecule has 4 aromatic rings. The molecule has 9 nitrogen and oxygen atoms in total. The molecule has 236 valence electrons. The Morgan fingerprint density at radius 1 is 1.09 bits per heavy atom. The number of ether oxygens (including phenoxy) is 1. The third kappa shape index (κ3) is 6.23. The highest BCUT2D eigenvalue weighted by molar-refractivity contribution is 5.99. The van der Waals surface area contributed by atoms with Crippen molar-refractivity contribution in [3.05, 3.63) is 93.0 Å². The number of amides is 1. The molecule has 5 rings (SSSR count). The molecule has 1 saturated heterocycles. The molecule has 0 radical (unpaired) electrons. The largest absolute Gasteiger partial charge is 0.480 e. The summed E-state index contributed by atoms with van der Waals surface area (Å²) in [5, 5.41) is 12.3. The van der Waals surface area contributed by atoms with E-state index in [0.717, 1.165) is 22.8 Å². The van der Waals surface area contributed by atoms with Gasteiger partial charge in [-0.05, 0) is 36.8 Å². The lowest BCUT2D eigenvalue weighted by molar-refractivity contribution is -0.139. The lowest BCUT2D eigenvalue weighted by atomic mass is 9.93. The maximum atomic E-state index is 15.0. The van der Waals surface area contributed by atoms with Crippen LogP contribution in [0.4, 0.5) is 27.6 Å². The summed E-state index contributed by atoms with van der Waals surface area (Å²) in [6.07, 6.45) is -3.97. The number of nitrogens with zero attached hydrogens (tertiary/aromatic N) is 3. The number of fused-ring (bicyclic) bond motifs is 1. The van der Waals surface area contributed by atoms with Crippen molar-refractivity contribution >= 4 is 28.5 Å². The first-order valence-electron chi connectivity index (χ1n) is 13.8. The van der Waals surface area contributed by atoms with Crippen molar-refractivity contribution in [3.63, 3.8) is 0 Å². The van der Waals surface area contributed by atoms with Crippen molar-refractivity contribution in [2.24, 2.45) is 7.05 Å². The van der Waals surface area contributed by atoms with E-state index in [9.17, 15) is 41.4 Å². The number of rotatable bonds is 7. The van der Waals surface area contributed by atoms with Gasteiger partial charge in [0.2, 0.25) is 0 Å². The number of nitrogens with one attached hydrogen (secondary N) is 1. The van der Waals surface area contributed by atoms with Gasteiger partial charge in [0.1, 0.15) is 23.2 Å². The lowest BCUT2D eigenvalue weighted by Crippen LogP contribution is -2.43. The highest BCUT2D eigenvalue weighted by atomic mass is 19.4. The van der Waals surface area contributed by atoms with Crippen LogP contribution in [-0.4, -0.2) is 58.9 Å². The molecule has 0 aliphatic carbocycles. The summed E-state index contributed by atoms with van der Waals surface area (Å²) in [6, 6.07) is 6.67. The molecule has 45 heavy (non-hydrogen) atoms. The van der Waals surface area contributed by atoms with Gasteiger partial charge in [0.15, 0.2) is 0 Å². The number of carboxylic acid groups (broad SMARTS) is 1. The molecule has 2 aromatic carbocycles. The number of alkyl halides is 3. The number of morpholine rings is 1. The van der Waals surface area contributed by atoms with E-state index in [1.807, 2.05) is 0 Å². The monoisotopic (exact) mass is 630 g/mol. The number of carboxylic acids is 1. The van der Waals surface area contributed by atoms with Crippen molar-refractivity contribution in [2.45, 2.75) is 25.6 Å². The van der Waals surface area contributed by atoms with Gasteiger partial charge in [-0.2, -0.15) is 13.2 Å². The van der Waals surface area contributed by atoms with E-state index < -0.39 is 64.4 Å². The molecule has 1 fully saturated rings. The van der Waals surface area contributed by atoms with Gasteiger partial charge in [-0.3, -0.25) is 14.6 Å². The molecule has 2 aromatic heterocycles. The maximum Gasteiger partial charge on any atom is 0.417 e. The van der Waals surface area contributed by atoms with Crippen LogP contribution in [0.15, 0.2) is 53.5 Å². The van der Waals surface area contributed by atoms with Crippen molar-refractivity contribution in [1.29, 1.82) is 0 Å². The van der Waals surface area contributed by atoms with Crippen LogP contribution < -0.4 is 15.8 Å². The summed E-state index contributed by atoms with van der Waals surface area (Å²) in [6.45, 7) is 2.88. The standard InChI is InChI=1S/C31H27F5N4O5/c1-16-12-21(31(34,35)36)25(29(42)39(16)2)20-6-5-17(19-4-3-7-37-27(19)20)13-24(30(43)44)38-28(41)26-22(32)14-18(15-23(26)33)40-8-10-45-11-9-40/h3-7,12,14-15,24H,8-11,13H2,1-2H3,(H,38,41)(H,43,44)/t24-/m0/s1. The van der Waals surface area contributed by atoms with Crippen molar-refractivity contribution in [1.82, 2.24) is 14.9 Å². The Morgan fingerprint density at radius 2 is 1.76 bits per heavy atom. The SMILES string of the molecule is Cc1cc(C(F)(F)F)c(-c2ccc(C[C@H](NC(=O)c3c(F)cc(N4CCOCC4)cc3F)C(=O)O)c3cccnc23)c(=O)n1C. The number of aliphatic carboxylic acids is 1. The molecule has 0 bridgehead atoms. The van der Waals surface area contributed by atoms with E-state index in [1.165, 1.54) is 44.4 Å². The molecule has 14 heteroatoms. The second-order valence-corrected chi connectivity index (χ2v) is 10.6. The molecule has 0 spiro atoms. The average molecular weight is 631 g/mol. The zero-order chi connectivity index (χ0) is 32.6. The van der Waals surface area contributed by atoms with Gasteiger partial charge >= 0.3 is 12.1 Å². The topological polar surface area (TPSA) is 114 Å². The molecule has 0 saturated carbocycles. The number of carbonyl (C=O) groups excluding carboxylic acids is 1. The van der Waals surface area contributed by atoms with Crippen LogP contribution in [0.5, 0.6) is 0 Å². The molecule has 0 unspecified atom stereocenters. The fourth-order valence-electron chi connectivity index (χ4n) is 5.35. The number of hydrogen-bond donors (Lipinski definition) is 2. The first-order chi connectivity index (χ1) is 21.3. The Hall–Kier alpha value is -4.85. The lowest BCUT2D eigenvalue weighted by Gasteiger charge is -2.29. The smallest absolute Gasteiger partial charge is 0.417 e. The Labute approximate surface area is 252 Å². The Morgan fingerprint density at radius 3 is 2.38 bits per heavy atom. The van der Waals surface area contributed by atoms with E-state index in [2.05, 4.69) is 10.3 Å². The highest BCUT2D eigenvalue weighted by Crippen LogP contribution is 2.38. The number of anilines is 1. The molecule has 2 N–H and O–H groups in total. The second-order valence-electron chi connectivity index (χ2n) is 10.6. The molecular weight excluding hydrogens is 603 g/mol. The van der Waals surface area contributed by atoms with Crippen LogP contribution in [0.2, 0.25) is 0 Å². The normalized spacial score (nSPS) is 14.4. The molecule has 1 aliphatic heterocycles. The van der Waals surface area contributed by atoms with E-state index in [-0.39, 0.29) is 33.4 Å². The zero-order valence-corrected chi connectivity index (χ0v) is 24.0. The van der Waals surface area contributed by atoms with Gasteiger partial charge in [-0.15, -0.1) is 0 Å². The van der Waals surface area contributed by atoms with Gasteiger partial charge in [0.05, 0.1) is 29.9 Å². The molecule has 1 aliphatic rings. The summed E-state index contributed by atoms with van der Waals surface area (Å²) in [4.78, 5) is 44.2. The van der Waals surface area contributed by atoms with Gasteiger partial charge in [0, 0.05) is 55.1 Å². The zero-order valence-electron chi connectivity index (χ0n) is 24.0. The van der Waals surface area contributed by atoms with Gasteiger partial charge in [-0.1, -0.05) is 18.2 Å². The minimum Gasteiger partial charge on any atom is -0.480 e. The summed E-state index contributed by atoms with van der Waals surface area (Å²) < 4.78 is 78.5. The Balaban J connectivity index is 1.50. The quantitative estimate of drug-likeness (QED) is 0.290. The van der Waals surface area contributed by atoms with Gasteiger partial charge < -0.3 is 24.6 Å². The van der Waals surface area contributed by atoms with E-state index >= 15 is 0 Å². The Bertz CT molecular complexity index is 1850. The predicted octanol–water partition coefficient (Wildman–Crippen LogP) is 4.47. The molecule has 3 heterocycles. The predicted molar refractivity (Wildman–Crippen MR) is 154 cm³/mol. The van der Waals surface area contributed by atoms with E-state index in [0.29, 0.717) is 26.3 Å². The first-order valence-corrected chi connectivity index (χ1v) is 13.8. The molecular formula is C31H27F5N4O5. The summed E-state index contributed by atoms with van der Waals surface area (Å²) in [5.74, 6) is -5.19. The summed E-state index contributed by atoms with van der Waals surface area (Å²) >= 11 is 0. The molecule has 1 atom stereocenters. The highest BCUT2D eigenvalue weighted by Gasteiger charge is 2.37. The van der Waals surface area contributed by atoms with Crippen LogP contribution in [0.1, 0.15) is 27.2 Å². The third-order valence-corrected chi connectivity index (χ3v) is 7.76. The van der Waals surface area contributed by atoms with Gasteiger partial charge in [0.25, 0.3) is 11.5 Å². The number of pyridine rings is 2. The fourth-order valence-corrected chi connectivity index (χ4v) is 5.35. The van der Waals surface area contributed by atoms with Gasteiger partial charge in [-0.25, -0.2) is 13.6 Å². The summed E-state index contributed by atoms with van der Waals surface area (Å²) in [7, 11) is 1.34. The first kappa shape index (κ1) is 31.6. The third-order valence-electron chi connectivity index (χ3n) is 7.76. The fraction of sp³-hybridized carbons (Fsp3) is 0.290. The van der Waals surface area contributed by atoms with Crippen LogP contribution >= 0.6 is 0 Å². The second kappa shape index (κ2) is 12.3. The average Bonchev–Trinajstić information content (AvgIpc) is 2.99. The number of hydrogen-bond acceptors (Lipinski definition) is 6. The van der Waals surface area contributed by atoms with E-state index in [1.54, 1.807) is 4.90 Å². The van der Waals surface area contributed by atoms with Crippen molar-refractivity contribution < 1.29 is 41.4 Å². The number of carbonyl (C=O) groups is 2. The van der Waals surface area contributed by atoms with Crippen molar-refractivity contribution in [2.75, 3.05) is 31.2 Å². The maximum absolute atomic E-state index is 15.0. The minimum absolute atomic E-state index is 0.00675. The summed E-state index contributed by atoms with van der Waals surface area (Å²) in [5.41, 5.74) is -3.23. The van der Waals surface area contributed by atoms with Crippen LogP contribution in [0.3, 0.4) is 0 Å². The number of benzene rings is 2. The van der Waals surface area contributed by atoms with Crippen molar-refractivity contribution in [3.8, 4) is 11.1 Å². The number of aryl methyl sites for hydroxylation is 1. The van der Waals surface area contributed by atoms with Crippen LogP contribution in [-0.2, 0) is 29.2 Å². The molecule has 1 amide bonds. The Kier molecular flexibility index (Phi) is 8.61. The number of aromatic nitrogens is 2. The minimum atomic E-state index is -4.86. The number of halogens is 5. The van der Waals surface area contributed by atoms with Crippen LogP contribution in [0.25, 0.3) is 22.0 Å². The van der Waals surface area contributed by atoms with Crippen LogP contribution in [0, 0.1) is 18.6 Å². The van der Waals surface area contributed by atoms with E-state index in [4.69, 9.17) is 4.74 Å².